The van der Waals surface area contributed by atoms with Gasteiger partial charge < -0.3 is 14.5 Å². The first kappa shape index (κ1) is 18.1. The molecule has 1 unspecified atom stereocenters. The molecule has 1 N–H and O–H groups in total. The average molecular weight is 368 g/mol. The van der Waals surface area contributed by atoms with Crippen molar-refractivity contribution in [3.8, 4) is 0 Å². The van der Waals surface area contributed by atoms with Crippen LogP contribution in [0.25, 0.3) is 11.0 Å². The van der Waals surface area contributed by atoms with E-state index in [9.17, 15) is 19.7 Å². The molecule has 1 atom stereocenters. The van der Waals surface area contributed by atoms with Gasteiger partial charge in [0, 0.05) is 28.8 Å². The zero-order valence-electron chi connectivity index (χ0n) is 14.6. The van der Waals surface area contributed by atoms with Gasteiger partial charge in [0.25, 0.3) is 11.6 Å². The lowest BCUT2D eigenvalue weighted by Crippen LogP contribution is -2.30. The molecule has 1 heterocycles. The van der Waals surface area contributed by atoms with E-state index >= 15 is 0 Å². The Balaban J connectivity index is 1.70. The summed E-state index contributed by atoms with van der Waals surface area (Å²) in [4.78, 5) is 34.8. The minimum atomic E-state index is -1.12. The van der Waals surface area contributed by atoms with Crippen molar-refractivity contribution in [3.05, 3.63) is 70.0 Å². The highest BCUT2D eigenvalue weighted by Crippen LogP contribution is 2.26. The SMILES string of the molecule is Cc1c(C(=O)OC(C)C(=O)Nc2cccc([N+](=O)[O-])c2)oc2ccccc12. The lowest BCUT2D eigenvalue weighted by molar-refractivity contribution is -0.384. The van der Waals surface area contributed by atoms with Crippen LogP contribution < -0.4 is 5.32 Å². The van der Waals surface area contributed by atoms with Crippen LogP contribution in [0.2, 0.25) is 0 Å². The van der Waals surface area contributed by atoms with Crippen molar-refractivity contribution in [1.82, 2.24) is 0 Å². The van der Waals surface area contributed by atoms with E-state index in [1.54, 1.807) is 19.1 Å². The molecule has 3 aromatic rings. The first-order valence-electron chi connectivity index (χ1n) is 8.11. The van der Waals surface area contributed by atoms with Crippen LogP contribution in [-0.4, -0.2) is 22.9 Å². The highest BCUT2D eigenvalue weighted by Gasteiger charge is 2.24. The Morgan fingerprint density at radius 2 is 1.93 bits per heavy atom. The molecule has 0 bridgehead atoms. The number of nitro groups is 1. The maximum atomic E-state index is 12.4. The van der Waals surface area contributed by atoms with Crippen LogP contribution in [0.5, 0.6) is 0 Å². The number of rotatable bonds is 5. The summed E-state index contributed by atoms with van der Waals surface area (Å²) in [6, 6.07) is 12.6. The number of non-ortho nitro benzene ring substituents is 1. The number of furan rings is 1. The van der Waals surface area contributed by atoms with Gasteiger partial charge in [0.05, 0.1) is 4.92 Å². The molecule has 2 aromatic carbocycles. The van der Waals surface area contributed by atoms with Gasteiger partial charge in [-0.15, -0.1) is 0 Å². The largest absolute Gasteiger partial charge is 0.449 e. The second-order valence-electron chi connectivity index (χ2n) is 5.90. The Bertz CT molecular complexity index is 1040. The van der Waals surface area contributed by atoms with Crippen LogP contribution in [0.15, 0.2) is 52.9 Å². The fourth-order valence-electron chi connectivity index (χ4n) is 2.58. The number of hydrogen-bond donors (Lipinski definition) is 1. The van der Waals surface area contributed by atoms with Crippen molar-refractivity contribution < 1.29 is 23.7 Å². The molecule has 0 radical (unpaired) electrons. The Morgan fingerprint density at radius 1 is 1.19 bits per heavy atom. The Labute approximate surface area is 153 Å². The third-order valence-corrected chi connectivity index (χ3v) is 4.01. The third kappa shape index (κ3) is 3.79. The van der Waals surface area contributed by atoms with Gasteiger partial charge in [0.15, 0.2) is 6.10 Å². The van der Waals surface area contributed by atoms with E-state index < -0.39 is 22.9 Å². The van der Waals surface area contributed by atoms with Gasteiger partial charge in [-0.2, -0.15) is 0 Å². The second kappa shape index (κ2) is 7.28. The molecule has 0 aliphatic carbocycles. The second-order valence-corrected chi connectivity index (χ2v) is 5.90. The van der Waals surface area contributed by atoms with Crippen LogP contribution in [0.3, 0.4) is 0 Å². The van der Waals surface area contributed by atoms with Gasteiger partial charge in [0.2, 0.25) is 5.76 Å². The number of benzene rings is 2. The van der Waals surface area contributed by atoms with Crippen molar-refractivity contribution in [1.29, 1.82) is 0 Å². The quantitative estimate of drug-likeness (QED) is 0.416. The van der Waals surface area contributed by atoms with E-state index in [0.717, 1.165) is 5.39 Å². The summed E-state index contributed by atoms with van der Waals surface area (Å²) in [7, 11) is 0. The van der Waals surface area contributed by atoms with E-state index in [-0.39, 0.29) is 17.1 Å². The van der Waals surface area contributed by atoms with Crippen molar-refractivity contribution in [2.45, 2.75) is 20.0 Å². The normalized spacial score (nSPS) is 11.8. The number of carbonyl (C=O) groups is 2. The molecule has 138 valence electrons. The zero-order valence-corrected chi connectivity index (χ0v) is 14.6. The zero-order chi connectivity index (χ0) is 19.6. The smallest absolute Gasteiger partial charge is 0.375 e. The molecular weight excluding hydrogens is 352 g/mol. The molecule has 0 aliphatic heterocycles. The summed E-state index contributed by atoms with van der Waals surface area (Å²) in [5.74, 6) is -1.34. The highest BCUT2D eigenvalue weighted by molar-refractivity contribution is 5.99. The lowest BCUT2D eigenvalue weighted by atomic mass is 10.1. The molecule has 3 rings (SSSR count). The van der Waals surface area contributed by atoms with E-state index in [4.69, 9.17) is 9.15 Å². The van der Waals surface area contributed by atoms with E-state index in [2.05, 4.69) is 5.32 Å². The van der Waals surface area contributed by atoms with Crippen LogP contribution in [0.4, 0.5) is 11.4 Å². The number of nitrogens with zero attached hydrogens (tertiary/aromatic N) is 1. The molecule has 0 saturated carbocycles. The first-order valence-corrected chi connectivity index (χ1v) is 8.11. The number of ether oxygens (including phenoxy) is 1. The minimum Gasteiger partial charge on any atom is -0.449 e. The molecule has 8 nitrogen and oxygen atoms in total. The highest BCUT2D eigenvalue weighted by atomic mass is 16.6. The average Bonchev–Trinajstić information content (AvgIpc) is 2.99. The monoisotopic (exact) mass is 368 g/mol. The molecule has 27 heavy (non-hydrogen) atoms. The van der Waals surface area contributed by atoms with Crippen molar-refractivity contribution in [2.24, 2.45) is 0 Å². The van der Waals surface area contributed by atoms with Gasteiger partial charge in [-0.05, 0) is 26.0 Å². The number of esters is 1. The summed E-state index contributed by atoms with van der Waals surface area (Å²) >= 11 is 0. The van der Waals surface area contributed by atoms with Gasteiger partial charge in [-0.3, -0.25) is 14.9 Å². The predicted molar refractivity (Wildman–Crippen MR) is 97.6 cm³/mol. The van der Waals surface area contributed by atoms with Crippen LogP contribution in [0, 0.1) is 17.0 Å². The Kier molecular flexibility index (Phi) is 4.89. The third-order valence-electron chi connectivity index (χ3n) is 4.01. The summed E-state index contributed by atoms with van der Waals surface area (Å²) in [6.45, 7) is 3.14. The van der Waals surface area contributed by atoms with Crippen molar-refractivity contribution in [2.75, 3.05) is 5.32 Å². The number of hydrogen-bond acceptors (Lipinski definition) is 6. The Morgan fingerprint density at radius 3 is 2.63 bits per heavy atom. The topological polar surface area (TPSA) is 112 Å². The fourth-order valence-corrected chi connectivity index (χ4v) is 2.58. The van der Waals surface area contributed by atoms with Gasteiger partial charge in [-0.1, -0.05) is 24.3 Å². The van der Waals surface area contributed by atoms with E-state index in [1.165, 1.54) is 31.2 Å². The lowest BCUT2D eigenvalue weighted by Gasteiger charge is -2.13. The molecule has 0 aliphatic rings. The molecule has 1 aromatic heterocycles. The molecule has 1 amide bonds. The number of para-hydroxylation sites is 1. The Hall–Kier alpha value is -3.68. The van der Waals surface area contributed by atoms with Crippen LogP contribution in [0.1, 0.15) is 23.0 Å². The molecule has 8 heteroatoms. The van der Waals surface area contributed by atoms with Crippen molar-refractivity contribution >= 4 is 34.2 Å². The number of aryl methyl sites for hydroxylation is 1. The number of anilines is 1. The molecule has 0 saturated heterocycles. The molecule has 0 fully saturated rings. The van der Waals surface area contributed by atoms with Crippen LogP contribution >= 0.6 is 0 Å². The summed E-state index contributed by atoms with van der Waals surface area (Å²) < 4.78 is 10.7. The number of amides is 1. The molecular formula is C19H16N2O6. The maximum absolute atomic E-state index is 12.4. The van der Waals surface area contributed by atoms with Crippen molar-refractivity contribution in [3.63, 3.8) is 0 Å². The predicted octanol–water partition coefficient (Wildman–Crippen LogP) is 3.83. The number of nitro benzene ring substituents is 1. The fraction of sp³-hybridized carbons (Fsp3) is 0.158. The molecule has 0 spiro atoms. The minimum absolute atomic E-state index is 0.0335. The van der Waals surface area contributed by atoms with E-state index in [1.807, 2.05) is 12.1 Å². The van der Waals surface area contributed by atoms with E-state index in [0.29, 0.717) is 11.1 Å². The van der Waals surface area contributed by atoms with Gasteiger partial charge >= 0.3 is 5.97 Å². The maximum Gasteiger partial charge on any atom is 0.375 e. The summed E-state index contributed by atoms with van der Waals surface area (Å²) in [5, 5.41) is 14.1. The van der Waals surface area contributed by atoms with Crippen LogP contribution in [-0.2, 0) is 9.53 Å². The standard InChI is InChI=1S/C19H16N2O6/c1-11-15-8-3-4-9-16(15)27-17(11)19(23)26-12(2)18(22)20-13-6-5-7-14(10-13)21(24)25/h3-10,12H,1-2H3,(H,20,22). The number of fused-ring (bicyclic) bond motifs is 1. The van der Waals surface area contributed by atoms with Gasteiger partial charge in [-0.25, -0.2) is 4.79 Å². The van der Waals surface area contributed by atoms with Gasteiger partial charge in [0.1, 0.15) is 5.58 Å². The number of nitrogens with one attached hydrogen (secondary N) is 1. The first-order chi connectivity index (χ1) is 12.9. The number of carbonyl (C=O) groups excluding carboxylic acids is 2. The summed E-state index contributed by atoms with van der Waals surface area (Å²) in [6.07, 6.45) is -1.12. The summed E-state index contributed by atoms with van der Waals surface area (Å²) in [5.41, 5.74) is 1.25.